The van der Waals surface area contributed by atoms with E-state index in [4.69, 9.17) is 18.9 Å². The molecule has 1 aliphatic rings. The molecule has 0 aromatic heterocycles. The van der Waals surface area contributed by atoms with Gasteiger partial charge in [-0.15, -0.1) is 6.58 Å². The molecule has 4 nitrogen and oxygen atoms in total. The highest BCUT2D eigenvalue weighted by Gasteiger charge is 2.38. The van der Waals surface area contributed by atoms with Crippen LogP contribution in [0.5, 0.6) is 0 Å². The Balaban J connectivity index is 1.62. The molecule has 0 N–H and O–H groups in total. The van der Waals surface area contributed by atoms with Crippen molar-refractivity contribution >= 4 is 0 Å². The molecule has 1 heterocycles. The second-order valence-electron chi connectivity index (χ2n) is 7.93. The number of hydrogen-bond acceptors (Lipinski definition) is 4. The Hall–Kier alpha value is -1.98. The van der Waals surface area contributed by atoms with Crippen LogP contribution < -0.4 is 0 Å². The van der Waals surface area contributed by atoms with Crippen LogP contribution in [0.15, 0.2) is 73.3 Å². The summed E-state index contributed by atoms with van der Waals surface area (Å²) in [5, 5.41) is 0. The molecule has 3 rings (SSSR count). The highest BCUT2D eigenvalue weighted by Crippen LogP contribution is 2.28. The fourth-order valence-corrected chi connectivity index (χ4v) is 3.59. The zero-order valence-corrected chi connectivity index (χ0v) is 18.1. The fourth-order valence-electron chi connectivity index (χ4n) is 3.59. The molecule has 1 fully saturated rings. The zero-order valence-electron chi connectivity index (χ0n) is 18.1. The van der Waals surface area contributed by atoms with Gasteiger partial charge in [-0.05, 0) is 37.8 Å². The average Bonchev–Trinajstić information content (AvgIpc) is 2.77. The molecule has 0 amide bonds. The van der Waals surface area contributed by atoms with Crippen LogP contribution in [-0.4, -0.2) is 30.7 Å². The van der Waals surface area contributed by atoms with Crippen molar-refractivity contribution in [1.29, 1.82) is 0 Å². The standard InChI is InChI=1S/C26H34O4/c1-4-5-12-20(2)29-26-25(28-19-23-15-10-7-11-16-23)17-24(21(3)30-26)27-18-22-13-8-6-9-14-22/h4,6-11,13-16,20-21,24-26H,1,5,12,17-19H2,2-3H3/t20-,21+,24-,25+,26-/m1/s1. The summed E-state index contributed by atoms with van der Waals surface area (Å²) < 4.78 is 24.9. The average molecular weight is 411 g/mol. The SMILES string of the molecule is C=CCC[C@@H](C)O[C@@H]1O[C@@H](C)[C@H](OCc2ccccc2)C[C@@H]1OCc1ccccc1. The molecule has 1 saturated heterocycles. The summed E-state index contributed by atoms with van der Waals surface area (Å²) in [5.41, 5.74) is 2.29. The number of allylic oxidation sites excluding steroid dienone is 1. The van der Waals surface area contributed by atoms with E-state index < -0.39 is 6.29 Å². The molecular weight excluding hydrogens is 376 g/mol. The summed E-state index contributed by atoms with van der Waals surface area (Å²) in [4.78, 5) is 0. The lowest BCUT2D eigenvalue weighted by Crippen LogP contribution is -2.50. The Morgan fingerprint density at radius 3 is 2.10 bits per heavy atom. The van der Waals surface area contributed by atoms with E-state index in [1.807, 2.05) is 49.4 Å². The van der Waals surface area contributed by atoms with E-state index in [0.29, 0.717) is 13.2 Å². The van der Waals surface area contributed by atoms with Gasteiger partial charge in [-0.25, -0.2) is 0 Å². The van der Waals surface area contributed by atoms with Gasteiger partial charge in [0, 0.05) is 6.42 Å². The molecule has 1 aliphatic heterocycles. The van der Waals surface area contributed by atoms with Gasteiger partial charge in [0.15, 0.2) is 6.29 Å². The summed E-state index contributed by atoms with van der Waals surface area (Å²) in [5.74, 6) is 0. The van der Waals surface area contributed by atoms with Gasteiger partial charge in [-0.3, -0.25) is 0 Å². The molecular formula is C26H34O4. The largest absolute Gasteiger partial charge is 0.371 e. The molecule has 2 aromatic carbocycles. The van der Waals surface area contributed by atoms with E-state index >= 15 is 0 Å². The normalized spacial score (nSPS) is 25.0. The summed E-state index contributed by atoms with van der Waals surface area (Å²) in [6.45, 7) is 9.00. The van der Waals surface area contributed by atoms with Crippen molar-refractivity contribution in [2.75, 3.05) is 0 Å². The minimum atomic E-state index is -0.403. The lowest BCUT2D eigenvalue weighted by Gasteiger charge is -2.40. The number of ether oxygens (including phenoxy) is 4. The maximum absolute atomic E-state index is 6.27. The molecule has 4 heteroatoms. The number of hydrogen-bond donors (Lipinski definition) is 0. The third-order valence-electron chi connectivity index (χ3n) is 5.40. The molecule has 0 saturated carbocycles. The summed E-state index contributed by atoms with van der Waals surface area (Å²) >= 11 is 0. The third kappa shape index (κ3) is 7.06. The first-order valence-electron chi connectivity index (χ1n) is 10.9. The Morgan fingerprint density at radius 2 is 1.53 bits per heavy atom. The van der Waals surface area contributed by atoms with Gasteiger partial charge in [0.25, 0.3) is 0 Å². The topological polar surface area (TPSA) is 36.9 Å². The third-order valence-corrected chi connectivity index (χ3v) is 5.40. The summed E-state index contributed by atoms with van der Waals surface area (Å²) in [6, 6.07) is 20.4. The molecule has 162 valence electrons. The van der Waals surface area contributed by atoms with Crippen LogP contribution in [0.3, 0.4) is 0 Å². The molecule has 0 radical (unpaired) electrons. The highest BCUT2D eigenvalue weighted by molar-refractivity contribution is 5.14. The summed E-state index contributed by atoms with van der Waals surface area (Å²) in [6.07, 6.45) is 3.86. The number of benzene rings is 2. The smallest absolute Gasteiger partial charge is 0.184 e. The maximum atomic E-state index is 6.27. The Bertz CT molecular complexity index is 733. The predicted molar refractivity (Wildman–Crippen MR) is 119 cm³/mol. The second kappa shape index (κ2) is 12.0. The molecule has 5 atom stereocenters. The van der Waals surface area contributed by atoms with E-state index in [9.17, 15) is 0 Å². The molecule has 0 unspecified atom stereocenters. The van der Waals surface area contributed by atoms with Crippen molar-refractivity contribution in [2.45, 2.75) is 77.0 Å². The quantitative estimate of drug-likeness (QED) is 0.448. The second-order valence-corrected chi connectivity index (χ2v) is 7.93. The van der Waals surface area contributed by atoms with Gasteiger partial charge in [0.1, 0.15) is 6.10 Å². The minimum absolute atomic E-state index is 0.0469. The van der Waals surface area contributed by atoms with Crippen LogP contribution in [-0.2, 0) is 32.2 Å². The van der Waals surface area contributed by atoms with Gasteiger partial charge in [0.2, 0.25) is 0 Å². The van der Waals surface area contributed by atoms with Gasteiger partial charge < -0.3 is 18.9 Å². The first-order valence-corrected chi connectivity index (χ1v) is 10.9. The lowest BCUT2D eigenvalue weighted by molar-refractivity contribution is -0.290. The fraction of sp³-hybridized carbons (Fsp3) is 0.462. The van der Waals surface area contributed by atoms with E-state index in [-0.39, 0.29) is 24.4 Å². The Labute approximate surface area is 180 Å². The van der Waals surface area contributed by atoms with Gasteiger partial charge in [-0.2, -0.15) is 0 Å². The van der Waals surface area contributed by atoms with Crippen LogP contribution in [0.2, 0.25) is 0 Å². The van der Waals surface area contributed by atoms with Crippen molar-refractivity contribution in [3.63, 3.8) is 0 Å². The van der Waals surface area contributed by atoms with E-state index in [2.05, 4.69) is 37.8 Å². The first-order chi connectivity index (χ1) is 14.7. The van der Waals surface area contributed by atoms with Gasteiger partial charge >= 0.3 is 0 Å². The van der Waals surface area contributed by atoms with Crippen molar-refractivity contribution in [2.24, 2.45) is 0 Å². The van der Waals surface area contributed by atoms with E-state index in [0.717, 1.165) is 30.4 Å². The van der Waals surface area contributed by atoms with Crippen molar-refractivity contribution in [3.05, 3.63) is 84.4 Å². The zero-order chi connectivity index (χ0) is 21.2. The maximum Gasteiger partial charge on any atom is 0.184 e. The molecule has 30 heavy (non-hydrogen) atoms. The Kier molecular flexibility index (Phi) is 9.09. The number of rotatable bonds is 11. The van der Waals surface area contributed by atoms with Crippen LogP contribution >= 0.6 is 0 Å². The molecule has 0 spiro atoms. The summed E-state index contributed by atoms with van der Waals surface area (Å²) in [7, 11) is 0. The first kappa shape index (κ1) is 22.7. The van der Waals surface area contributed by atoms with Crippen LogP contribution in [0.25, 0.3) is 0 Å². The molecule has 0 aliphatic carbocycles. The minimum Gasteiger partial charge on any atom is -0.371 e. The monoisotopic (exact) mass is 410 g/mol. The van der Waals surface area contributed by atoms with Crippen molar-refractivity contribution in [1.82, 2.24) is 0 Å². The van der Waals surface area contributed by atoms with Crippen LogP contribution in [0, 0.1) is 0 Å². The molecule has 2 aromatic rings. The van der Waals surface area contributed by atoms with Crippen molar-refractivity contribution < 1.29 is 18.9 Å². The van der Waals surface area contributed by atoms with Gasteiger partial charge in [-0.1, -0.05) is 66.7 Å². The Morgan fingerprint density at radius 1 is 0.967 bits per heavy atom. The van der Waals surface area contributed by atoms with Gasteiger partial charge in [0.05, 0.1) is 31.5 Å². The van der Waals surface area contributed by atoms with Crippen molar-refractivity contribution in [3.8, 4) is 0 Å². The molecule has 0 bridgehead atoms. The van der Waals surface area contributed by atoms with Crippen LogP contribution in [0.1, 0.15) is 44.2 Å². The van der Waals surface area contributed by atoms with E-state index in [1.165, 1.54) is 0 Å². The highest BCUT2D eigenvalue weighted by atomic mass is 16.7. The predicted octanol–water partition coefficient (Wildman–Crippen LogP) is 5.66. The lowest BCUT2D eigenvalue weighted by atomic mass is 10.0. The van der Waals surface area contributed by atoms with E-state index in [1.54, 1.807) is 0 Å². The van der Waals surface area contributed by atoms with Crippen LogP contribution in [0.4, 0.5) is 0 Å².